The topological polar surface area (TPSA) is 73.3 Å². The summed E-state index contributed by atoms with van der Waals surface area (Å²) in [5.74, 6) is -1.36. The van der Waals surface area contributed by atoms with Crippen LogP contribution in [0.1, 0.15) is 10.4 Å². The minimum absolute atomic E-state index is 0.102. The minimum atomic E-state index is -1.13. The molecule has 0 fully saturated rings. The van der Waals surface area contributed by atoms with Gasteiger partial charge in [0.2, 0.25) is 0 Å². The van der Waals surface area contributed by atoms with Gasteiger partial charge in [0.1, 0.15) is 11.3 Å². The van der Waals surface area contributed by atoms with Crippen molar-refractivity contribution in [3.8, 4) is 5.75 Å². The predicted molar refractivity (Wildman–Crippen MR) is 29.4 cm³/mol. The summed E-state index contributed by atoms with van der Waals surface area (Å²) in [5.41, 5.74) is -0.102. The molecule has 1 aromatic heterocycles. The van der Waals surface area contributed by atoms with Gasteiger partial charge in [0, 0.05) is 12.4 Å². The summed E-state index contributed by atoms with van der Waals surface area (Å²) in [4.78, 5) is 12.6. The summed E-state index contributed by atoms with van der Waals surface area (Å²) in [5, 5.41) is 17.0. The Morgan fingerprint density at radius 2 is 2.22 bits per heavy atom. The molecule has 0 aromatic carbocycles. The molecule has 9 heavy (non-hydrogen) atoms. The van der Waals surface area contributed by atoms with E-state index in [9.17, 15) is 4.79 Å². The van der Waals surface area contributed by atoms with E-state index >= 15 is 0 Å². The highest BCUT2D eigenvalue weighted by molar-refractivity contribution is 5.90. The van der Waals surface area contributed by atoms with E-state index in [1.54, 1.807) is 0 Å². The van der Waals surface area contributed by atoms with Gasteiger partial charge in [0.05, 0.1) is 0 Å². The van der Waals surface area contributed by atoms with Crippen molar-refractivity contribution in [3.05, 3.63) is 18.0 Å². The van der Waals surface area contributed by atoms with Gasteiger partial charge in [-0.1, -0.05) is 0 Å². The first-order valence-electron chi connectivity index (χ1n) is 2.31. The third-order valence-electron chi connectivity index (χ3n) is 0.954. The van der Waals surface area contributed by atoms with Crippen molar-refractivity contribution in [2.24, 2.45) is 0 Å². The van der Waals surface area contributed by atoms with Gasteiger partial charge >= 0.3 is 5.97 Å². The zero-order valence-electron chi connectivity index (χ0n) is 4.46. The number of nitrogens with one attached hydrogen (secondary N) is 1. The number of hydrogen-bond acceptors (Lipinski definition) is 2. The van der Waals surface area contributed by atoms with Crippen LogP contribution in [0.25, 0.3) is 0 Å². The van der Waals surface area contributed by atoms with Crippen LogP contribution in [0.2, 0.25) is 0 Å². The molecule has 48 valence electrons. The molecule has 3 N–H and O–H groups in total. The third kappa shape index (κ3) is 0.861. The molecular weight excluding hydrogens is 122 g/mol. The van der Waals surface area contributed by atoms with Gasteiger partial charge in [-0.3, -0.25) is 0 Å². The second-order valence-electron chi connectivity index (χ2n) is 1.56. The number of carbonyl (C=O) groups is 1. The van der Waals surface area contributed by atoms with Crippen molar-refractivity contribution in [2.45, 2.75) is 0 Å². The van der Waals surface area contributed by atoms with E-state index in [0.29, 0.717) is 0 Å². The molecule has 0 saturated carbocycles. The second kappa shape index (κ2) is 1.81. The zero-order chi connectivity index (χ0) is 6.85. The lowest BCUT2D eigenvalue weighted by molar-refractivity contribution is 0.0694. The van der Waals surface area contributed by atoms with Crippen molar-refractivity contribution >= 4 is 5.97 Å². The molecular formula is C5H5NO3. The Bertz CT molecular complexity index is 228. The summed E-state index contributed by atoms with van der Waals surface area (Å²) in [6.07, 6.45) is 2.43. The molecule has 0 saturated heterocycles. The number of aromatic hydroxyl groups is 1. The first-order valence-corrected chi connectivity index (χ1v) is 2.31. The van der Waals surface area contributed by atoms with Crippen LogP contribution in [0.15, 0.2) is 12.4 Å². The fourth-order valence-electron chi connectivity index (χ4n) is 0.527. The van der Waals surface area contributed by atoms with E-state index in [1.165, 1.54) is 12.4 Å². The van der Waals surface area contributed by atoms with Gasteiger partial charge < -0.3 is 15.2 Å². The highest BCUT2D eigenvalue weighted by Crippen LogP contribution is 2.13. The van der Waals surface area contributed by atoms with Crippen LogP contribution in [0, 0.1) is 0 Å². The molecule has 0 radical (unpaired) electrons. The predicted octanol–water partition coefficient (Wildman–Crippen LogP) is 0.418. The minimum Gasteiger partial charge on any atom is -0.505 e. The third-order valence-corrected chi connectivity index (χ3v) is 0.954. The van der Waals surface area contributed by atoms with E-state index in [4.69, 9.17) is 10.2 Å². The fraction of sp³-hybridized carbons (Fsp3) is 0. The van der Waals surface area contributed by atoms with E-state index in [2.05, 4.69) is 4.98 Å². The number of H-pyrrole nitrogens is 1. The Morgan fingerprint density at radius 3 is 2.44 bits per heavy atom. The average Bonchev–Trinajstić information content (AvgIpc) is 2.13. The van der Waals surface area contributed by atoms with Crippen LogP contribution in [0.3, 0.4) is 0 Å². The summed E-state index contributed by atoms with van der Waals surface area (Å²) in [6.45, 7) is 0. The van der Waals surface area contributed by atoms with Gasteiger partial charge in [-0.25, -0.2) is 4.79 Å². The normalized spacial score (nSPS) is 9.33. The van der Waals surface area contributed by atoms with Crippen molar-refractivity contribution in [1.82, 2.24) is 4.98 Å². The van der Waals surface area contributed by atoms with Gasteiger partial charge in [-0.15, -0.1) is 0 Å². The van der Waals surface area contributed by atoms with Crippen LogP contribution >= 0.6 is 0 Å². The molecule has 4 heteroatoms. The van der Waals surface area contributed by atoms with Crippen molar-refractivity contribution < 1.29 is 15.0 Å². The van der Waals surface area contributed by atoms with Gasteiger partial charge in [-0.05, 0) is 0 Å². The first-order chi connectivity index (χ1) is 4.22. The lowest BCUT2D eigenvalue weighted by Crippen LogP contribution is -1.92. The van der Waals surface area contributed by atoms with E-state index < -0.39 is 5.97 Å². The van der Waals surface area contributed by atoms with Gasteiger partial charge in [0.15, 0.2) is 0 Å². The molecule has 1 rings (SSSR count). The summed E-state index contributed by atoms with van der Waals surface area (Å²) >= 11 is 0. The second-order valence-corrected chi connectivity index (χ2v) is 1.56. The number of rotatable bonds is 1. The molecule has 0 unspecified atom stereocenters. The molecule has 1 heterocycles. The largest absolute Gasteiger partial charge is 0.505 e. The number of aromatic nitrogens is 1. The van der Waals surface area contributed by atoms with Crippen molar-refractivity contribution in [2.75, 3.05) is 0 Å². The van der Waals surface area contributed by atoms with E-state index in [1.807, 2.05) is 0 Å². The fourth-order valence-corrected chi connectivity index (χ4v) is 0.527. The van der Waals surface area contributed by atoms with Gasteiger partial charge in [-0.2, -0.15) is 0 Å². The molecule has 0 spiro atoms. The Balaban J connectivity index is 3.08. The molecule has 0 bridgehead atoms. The summed E-state index contributed by atoms with van der Waals surface area (Å²) in [6, 6.07) is 0. The molecule has 4 nitrogen and oxygen atoms in total. The van der Waals surface area contributed by atoms with Gasteiger partial charge in [0.25, 0.3) is 0 Å². The van der Waals surface area contributed by atoms with Crippen LogP contribution < -0.4 is 0 Å². The number of hydrogen-bond donors (Lipinski definition) is 3. The highest BCUT2D eigenvalue weighted by Gasteiger charge is 2.07. The zero-order valence-corrected chi connectivity index (χ0v) is 4.46. The SMILES string of the molecule is O=C(O)c1c[nH]cc1O. The monoisotopic (exact) mass is 127 g/mol. The number of carboxylic acids is 1. The van der Waals surface area contributed by atoms with E-state index in [0.717, 1.165) is 0 Å². The van der Waals surface area contributed by atoms with Crippen LogP contribution in [0.5, 0.6) is 5.75 Å². The quantitative estimate of drug-likeness (QED) is 0.511. The van der Waals surface area contributed by atoms with E-state index in [-0.39, 0.29) is 11.3 Å². The lowest BCUT2D eigenvalue weighted by Gasteiger charge is -1.85. The summed E-state index contributed by atoms with van der Waals surface area (Å²) < 4.78 is 0. The average molecular weight is 127 g/mol. The Hall–Kier alpha value is -1.45. The summed E-state index contributed by atoms with van der Waals surface area (Å²) in [7, 11) is 0. The molecule has 0 aliphatic carbocycles. The molecule has 0 aliphatic heterocycles. The highest BCUT2D eigenvalue weighted by atomic mass is 16.4. The maximum atomic E-state index is 10.1. The van der Waals surface area contributed by atoms with Crippen LogP contribution in [0.4, 0.5) is 0 Å². The molecule has 0 atom stereocenters. The first kappa shape index (κ1) is 5.68. The Labute approximate surface area is 50.8 Å². The standard InChI is InChI=1S/C5H5NO3/c7-4-2-6-1-3(4)5(8)9/h1-2,6-7H,(H,8,9). The Morgan fingerprint density at radius 1 is 1.56 bits per heavy atom. The smallest absolute Gasteiger partial charge is 0.341 e. The number of aromatic amines is 1. The molecule has 0 aliphatic rings. The lowest BCUT2D eigenvalue weighted by atomic mass is 10.3. The van der Waals surface area contributed by atoms with Crippen LogP contribution in [-0.4, -0.2) is 21.2 Å². The molecule has 1 aromatic rings. The number of aromatic carboxylic acids is 1. The maximum Gasteiger partial charge on any atom is 0.341 e. The molecule has 0 amide bonds. The van der Waals surface area contributed by atoms with Crippen LogP contribution in [-0.2, 0) is 0 Å². The van der Waals surface area contributed by atoms with Crippen molar-refractivity contribution in [1.29, 1.82) is 0 Å². The van der Waals surface area contributed by atoms with Crippen molar-refractivity contribution in [3.63, 3.8) is 0 Å². The Kier molecular flexibility index (Phi) is 1.14. The number of carboxylic acid groups (broad SMARTS) is 1. The maximum absolute atomic E-state index is 10.1.